The Hall–Kier alpha value is -0.450. The lowest BCUT2D eigenvalue weighted by Crippen LogP contribution is -2.24. The van der Waals surface area contributed by atoms with Gasteiger partial charge in [-0.2, -0.15) is 0 Å². The van der Waals surface area contributed by atoms with E-state index in [1.807, 2.05) is 11.3 Å². The van der Waals surface area contributed by atoms with E-state index in [1.54, 1.807) is 0 Å². The molecule has 0 aliphatic carbocycles. The second-order valence-corrected chi connectivity index (χ2v) is 6.55. The first kappa shape index (κ1) is 17.6. The highest BCUT2D eigenvalue weighted by Crippen LogP contribution is 2.21. The van der Waals surface area contributed by atoms with Crippen LogP contribution >= 0.6 is 11.3 Å². The van der Waals surface area contributed by atoms with E-state index >= 15 is 0 Å². The fourth-order valence-corrected chi connectivity index (χ4v) is 3.23. The minimum atomic E-state index is 0.581. The Bertz CT molecular complexity index is 372. The Labute approximate surface area is 128 Å². The standard InChI is InChI=1S/C16H31N3S/c1-6-10-14-15(11-17-13(5)7-2)20-16(18-14)12-19(8-3)9-4/h13,17H,6-12H2,1-5H3. The molecular weight excluding hydrogens is 266 g/mol. The van der Waals surface area contributed by atoms with Gasteiger partial charge in [0.1, 0.15) is 5.01 Å². The van der Waals surface area contributed by atoms with Gasteiger partial charge in [-0.1, -0.05) is 34.1 Å². The summed E-state index contributed by atoms with van der Waals surface area (Å²) in [5.74, 6) is 0. The minimum Gasteiger partial charge on any atom is -0.309 e. The molecule has 0 aliphatic heterocycles. The molecule has 116 valence electrons. The SMILES string of the molecule is CCCc1nc(CN(CC)CC)sc1CNC(C)CC. The highest BCUT2D eigenvalue weighted by Gasteiger charge is 2.13. The number of hydrogen-bond acceptors (Lipinski definition) is 4. The van der Waals surface area contributed by atoms with Crippen LogP contribution in [-0.2, 0) is 19.5 Å². The molecule has 0 radical (unpaired) electrons. The maximum atomic E-state index is 4.88. The maximum absolute atomic E-state index is 4.88. The largest absolute Gasteiger partial charge is 0.309 e. The summed E-state index contributed by atoms with van der Waals surface area (Å²) in [4.78, 5) is 8.75. The van der Waals surface area contributed by atoms with Gasteiger partial charge >= 0.3 is 0 Å². The molecule has 1 rings (SSSR count). The average molecular weight is 298 g/mol. The van der Waals surface area contributed by atoms with Gasteiger partial charge in [0.2, 0.25) is 0 Å². The normalized spacial score (nSPS) is 13.1. The lowest BCUT2D eigenvalue weighted by Gasteiger charge is -2.15. The second-order valence-electron chi connectivity index (χ2n) is 5.38. The van der Waals surface area contributed by atoms with Crippen molar-refractivity contribution in [1.82, 2.24) is 15.2 Å². The molecule has 1 unspecified atom stereocenters. The summed E-state index contributed by atoms with van der Waals surface area (Å²) in [6, 6.07) is 0.581. The van der Waals surface area contributed by atoms with Gasteiger partial charge in [0, 0.05) is 17.5 Å². The van der Waals surface area contributed by atoms with E-state index in [0.29, 0.717) is 6.04 Å². The monoisotopic (exact) mass is 297 g/mol. The summed E-state index contributed by atoms with van der Waals surface area (Å²) < 4.78 is 0. The van der Waals surface area contributed by atoms with Crippen molar-refractivity contribution in [2.75, 3.05) is 13.1 Å². The Balaban J connectivity index is 2.73. The van der Waals surface area contributed by atoms with E-state index in [2.05, 4.69) is 44.8 Å². The van der Waals surface area contributed by atoms with Crippen molar-refractivity contribution in [3.63, 3.8) is 0 Å². The zero-order valence-electron chi connectivity index (χ0n) is 13.8. The predicted octanol–water partition coefficient (Wildman–Crippen LogP) is 3.83. The Morgan fingerprint density at radius 2 is 1.90 bits per heavy atom. The van der Waals surface area contributed by atoms with Crippen LogP contribution < -0.4 is 5.32 Å². The van der Waals surface area contributed by atoms with E-state index in [9.17, 15) is 0 Å². The third-order valence-corrected chi connectivity index (χ3v) is 4.87. The zero-order chi connectivity index (χ0) is 15.0. The highest BCUT2D eigenvalue weighted by atomic mass is 32.1. The molecule has 0 spiro atoms. The molecule has 1 aromatic heterocycles. The zero-order valence-corrected chi connectivity index (χ0v) is 14.6. The number of thiazole rings is 1. The van der Waals surface area contributed by atoms with Crippen molar-refractivity contribution in [1.29, 1.82) is 0 Å². The summed E-state index contributed by atoms with van der Waals surface area (Å²) in [6.45, 7) is 15.3. The second kappa shape index (κ2) is 9.48. The van der Waals surface area contributed by atoms with Crippen molar-refractivity contribution < 1.29 is 0 Å². The molecule has 3 nitrogen and oxygen atoms in total. The van der Waals surface area contributed by atoms with Crippen LogP contribution in [0.3, 0.4) is 0 Å². The number of aromatic nitrogens is 1. The average Bonchev–Trinajstić information content (AvgIpc) is 2.84. The van der Waals surface area contributed by atoms with E-state index in [1.165, 1.54) is 28.4 Å². The summed E-state index contributed by atoms with van der Waals surface area (Å²) in [7, 11) is 0. The number of nitrogens with one attached hydrogen (secondary N) is 1. The van der Waals surface area contributed by atoms with Gasteiger partial charge in [0.15, 0.2) is 0 Å². The molecule has 1 N–H and O–H groups in total. The summed E-state index contributed by atoms with van der Waals surface area (Å²) in [6.07, 6.45) is 3.45. The molecule has 0 aromatic carbocycles. The van der Waals surface area contributed by atoms with Crippen LogP contribution in [0.1, 0.15) is 63.0 Å². The molecule has 0 saturated heterocycles. The van der Waals surface area contributed by atoms with Crippen LogP contribution in [0.2, 0.25) is 0 Å². The van der Waals surface area contributed by atoms with Crippen LogP contribution in [-0.4, -0.2) is 29.0 Å². The van der Waals surface area contributed by atoms with Crippen molar-refractivity contribution in [2.24, 2.45) is 0 Å². The first-order chi connectivity index (χ1) is 9.64. The third kappa shape index (κ3) is 5.51. The summed E-state index contributed by atoms with van der Waals surface area (Å²) >= 11 is 1.90. The predicted molar refractivity (Wildman–Crippen MR) is 89.3 cm³/mol. The lowest BCUT2D eigenvalue weighted by atomic mass is 10.2. The fourth-order valence-electron chi connectivity index (χ4n) is 2.12. The number of rotatable bonds is 10. The Morgan fingerprint density at radius 1 is 1.20 bits per heavy atom. The van der Waals surface area contributed by atoms with Crippen molar-refractivity contribution in [3.8, 4) is 0 Å². The first-order valence-corrected chi connectivity index (χ1v) is 8.89. The van der Waals surface area contributed by atoms with E-state index < -0.39 is 0 Å². The highest BCUT2D eigenvalue weighted by molar-refractivity contribution is 7.11. The lowest BCUT2D eigenvalue weighted by molar-refractivity contribution is 0.295. The van der Waals surface area contributed by atoms with Crippen LogP contribution in [0, 0.1) is 0 Å². The third-order valence-electron chi connectivity index (χ3n) is 3.79. The number of nitrogens with zero attached hydrogens (tertiary/aromatic N) is 2. The number of aryl methyl sites for hydroxylation is 1. The molecule has 0 bridgehead atoms. The smallest absolute Gasteiger partial charge is 0.107 e. The molecule has 0 fully saturated rings. The molecule has 0 aliphatic rings. The van der Waals surface area contributed by atoms with E-state index in [4.69, 9.17) is 4.98 Å². The summed E-state index contributed by atoms with van der Waals surface area (Å²) in [5.41, 5.74) is 1.32. The van der Waals surface area contributed by atoms with Gasteiger partial charge in [0.05, 0.1) is 12.2 Å². The molecule has 1 atom stereocenters. The van der Waals surface area contributed by atoms with Crippen LogP contribution in [0.25, 0.3) is 0 Å². The molecule has 4 heteroatoms. The maximum Gasteiger partial charge on any atom is 0.107 e. The van der Waals surface area contributed by atoms with E-state index in [-0.39, 0.29) is 0 Å². The first-order valence-electron chi connectivity index (χ1n) is 8.07. The Morgan fingerprint density at radius 3 is 2.45 bits per heavy atom. The van der Waals surface area contributed by atoms with Gasteiger partial charge < -0.3 is 5.32 Å². The molecule has 1 aromatic rings. The van der Waals surface area contributed by atoms with Gasteiger partial charge in [-0.3, -0.25) is 4.90 Å². The van der Waals surface area contributed by atoms with Crippen molar-refractivity contribution in [3.05, 3.63) is 15.6 Å². The number of hydrogen-bond donors (Lipinski definition) is 1. The minimum absolute atomic E-state index is 0.581. The quantitative estimate of drug-likeness (QED) is 0.711. The van der Waals surface area contributed by atoms with Gasteiger partial charge in [-0.05, 0) is 32.9 Å². The van der Waals surface area contributed by atoms with Gasteiger partial charge in [0.25, 0.3) is 0 Å². The molecule has 20 heavy (non-hydrogen) atoms. The summed E-state index contributed by atoms with van der Waals surface area (Å²) in [5, 5.41) is 4.87. The van der Waals surface area contributed by atoms with Crippen molar-refractivity contribution >= 4 is 11.3 Å². The van der Waals surface area contributed by atoms with Crippen LogP contribution in [0.4, 0.5) is 0 Å². The van der Waals surface area contributed by atoms with Crippen LogP contribution in [0.15, 0.2) is 0 Å². The van der Waals surface area contributed by atoms with Crippen molar-refractivity contribution in [2.45, 2.75) is 73.0 Å². The Kier molecular flexibility index (Phi) is 8.34. The van der Waals surface area contributed by atoms with Crippen LogP contribution in [0.5, 0.6) is 0 Å². The fraction of sp³-hybridized carbons (Fsp3) is 0.812. The molecule has 0 saturated carbocycles. The molecule has 0 amide bonds. The molecule has 1 heterocycles. The topological polar surface area (TPSA) is 28.2 Å². The van der Waals surface area contributed by atoms with E-state index in [0.717, 1.165) is 32.6 Å². The van der Waals surface area contributed by atoms with Gasteiger partial charge in [-0.15, -0.1) is 11.3 Å². The molecular formula is C16H31N3S. The van der Waals surface area contributed by atoms with Gasteiger partial charge in [-0.25, -0.2) is 4.98 Å².